The maximum atomic E-state index is 4.51. The van der Waals surface area contributed by atoms with E-state index in [1.807, 2.05) is 38.5 Å². The van der Waals surface area contributed by atoms with E-state index in [1.54, 1.807) is 6.20 Å². The Labute approximate surface area is 234 Å². The summed E-state index contributed by atoms with van der Waals surface area (Å²) in [7, 11) is 3.77. The Hall–Kier alpha value is -4.18. The number of para-hydroxylation sites is 1. The fourth-order valence-corrected chi connectivity index (χ4v) is 4.76. The number of allylic oxidation sites excluding steroid dienone is 11. The molecule has 0 unspecified atom stereocenters. The van der Waals surface area contributed by atoms with Crippen molar-refractivity contribution in [2.24, 2.45) is 9.98 Å². The molecule has 0 bridgehead atoms. The van der Waals surface area contributed by atoms with Gasteiger partial charge in [-0.3, -0.25) is 9.98 Å². The van der Waals surface area contributed by atoms with Gasteiger partial charge in [-0.15, -0.1) is 0 Å². The van der Waals surface area contributed by atoms with Crippen molar-refractivity contribution < 1.29 is 0 Å². The number of nitrogens with zero attached hydrogens (tertiary/aromatic N) is 3. The molecule has 1 aromatic heterocycles. The lowest BCUT2D eigenvalue weighted by Crippen LogP contribution is -2.12. The molecule has 3 rings (SSSR count). The summed E-state index contributed by atoms with van der Waals surface area (Å²) in [6.07, 6.45) is 23.5. The Kier molecular flexibility index (Phi) is 11.1. The molecule has 0 atom stereocenters. The van der Waals surface area contributed by atoms with Crippen LogP contribution in [0.5, 0.6) is 0 Å². The first-order chi connectivity index (χ1) is 19.0. The van der Waals surface area contributed by atoms with Crippen LogP contribution in [0.2, 0.25) is 0 Å². The summed E-state index contributed by atoms with van der Waals surface area (Å²) in [5.74, 6) is 0. The normalized spacial score (nSPS) is 15.1. The first-order valence-corrected chi connectivity index (χ1v) is 13.7. The zero-order chi connectivity index (χ0) is 28.2. The zero-order valence-electron chi connectivity index (χ0n) is 24.2. The molecule has 1 aliphatic heterocycles. The average molecular weight is 519 g/mol. The largest absolute Gasteiger partial charge is 0.388 e. The van der Waals surface area contributed by atoms with Crippen LogP contribution in [-0.2, 0) is 6.54 Å². The molecule has 39 heavy (non-hydrogen) atoms. The number of aryl methyl sites for hydroxylation is 1. The van der Waals surface area contributed by atoms with Gasteiger partial charge in [0.1, 0.15) is 0 Å². The number of hydrogen-bond acceptors (Lipinski definition) is 3. The van der Waals surface area contributed by atoms with Crippen molar-refractivity contribution in [3.8, 4) is 0 Å². The topological polar surface area (TPSA) is 41.7 Å². The Balaban J connectivity index is 2.10. The first-order valence-electron chi connectivity index (χ1n) is 13.7. The lowest BCUT2D eigenvalue weighted by Gasteiger charge is -2.18. The number of aromatic nitrogens is 1. The van der Waals surface area contributed by atoms with E-state index < -0.39 is 0 Å². The number of aliphatic imine (C=N–C) groups is 2. The maximum Gasteiger partial charge on any atom is 0.0486 e. The molecule has 2 heterocycles. The number of likely N-dealkylation sites (N-methyl/N-ethyl adjacent to an activating group) is 1. The van der Waals surface area contributed by atoms with Crippen molar-refractivity contribution in [2.75, 3.05) is 14.1 Å². The van der Waals surface area contributed by atoms with Crippen LogP contribution in [0.15, 0.2) is 130 Å². The van der Waals surface area contributed by atoms with Gasteiger partial charge >= 0.3 is 0 Å². The van der Waals surface area contributed by atoms with Gasteiger partial charge in [-0.1, -0.05) is 80.7 Å². The molecule has 0 fully saturated rings. The van der Waals surface area contributed by atoms with E-state index in [-0.39, 0.29) is 0 Å². The predicted molar refractivity (Wildman–Crippen MR) is 173 cm³/mol. The molecular formula is C35H42N4. The second-order valence-corrected chi connectivity index (χ2v) is 9.46. The van der Waals surface area contributed by atoms with Gasteiger partial charge in [0.2, 0.25) is 0 Å². The number of benzene rings is 1. The second-order valence-electron chi connectivity index (χ2n) is 9.46. The smallest absolute Gasteiger partial charge is 0.0486 e. The van der Waals surface area contributed by atoms with Gasteiger partial charge in [-0.25, -0.2) is 0 Å². The van der Waals surface area contributed by atoms with Crippen LogP contribution in [0, 0.1) is 0 Å². The van der Waals surface area contributed by atoms with Gasteiger partial charge in [0.15, 0.2) is 0 Å². The van der Waals surface area contributed by atoms with Crippen molar-refractivity contribution >= 4 is 28.4 Å². The van der Waals surface area contributed by atoms with E-state index in [0.29, 0.717) is 0 Å². The highest BCUT2D eigenvalue weighted by Gasteiger charge is 2.19. The van der Waals surface area contributed by atoms with Gasteiger partial charge < -0.3 is 9.88 Å². The minimum atomic E-state index is 0.822. The predicted octanol–water partition coefficient (Wildman–Crippen LogP) is 8.55. The summed E-state index contributed by atoms with van der Waals surface area (Å²) in [4.78, 5) is 8.92. The molecule has 2 aromatic rings. The third-order valence-electron chi connectivity index (χ3n) is 6.98. The average Bonchev–Trinajstić information content (AvgIpc) is 3.31. The zero-order valence-corrected chi connectivity index (χ0v) is 24.2. The molecule has 1 aliphatic rings. The Morgan fingerprint density at radius 2 is 1.95 bits per heavy atom. The van der Waals surface area contributed by atoms with Crippen LogP contribution in [0.1, 0.15) is 45.6 Å². The molecule has 1 aromatic carbocycles. The van der Waals surface area contributed by atoms with Crippen molar-refractivity contribution in [1.82, 2.24) is 9.88 Å². The number of fused-ring (bicyclic) bond motifs is 1. The fraction of sp³-hybridized carbons (Fsp3) is 0.257. The third-order valence-corrected chi connectivity index (χ3v) is 6.98. The minimum absolute atomic E-state index is 0.822. The fourth-order valence-electron chi connectivity index (χ4n) is 4.76. The van der Waals surface area contributed by atoms with E-state index in [4.69, 9.17) is 0 Å². The standard InChI is InChI=1S/C35H42N4/c1-8-15-29(37-7)20-19-28(9-2)21-23-39-25-33(31-17-11-12-18-34(31)39)30(10-3)35(27(5)36-6)32-24-38-22-14-13-16-26(32)4/h9-14,16-20,22,24-25,36H,3,5,8,15,21,23H2,1-2,4,6-7H3/b14-13?,16-13?,20-19-,22-14?,26-16?,28-9?,32-24?,32-26?,35-30-,37-29?,38-22?,38-24?. The molecule has 0 radical (unpaired) electrons. The van der Waals surface area contributed by atoms with Gasteiger partial charge in [0.05, 0.1) is 0 Å². The molecule has 0 aliphatic carbocycles. The van der Waals surface area contributed by atoms with Crippen LogP contribution in [0.4, 0.5) is 0 Å². The monoisotopic (exact) mass is 518 g/mol. The van der Waals surface area contributed by atoms with Crippen LogP contribution in [-0.4, -0.2) is 30.6 Å². The van der Waals surface area contributed by atoms with Crippen LogP contribution < -0.4 is 5.32 Å². The lowest BCUT2D eigenvalue weighted by molar-refractivity contribution is 0.724. The Bertz CT molecular complexity index is 1440. The van der Waals surface area contributed by atoms with E-state index in [0.717, 1.165) is 65.1 Å². The third kappa shape index (κ3) is 7.23. The summed E-state index contributed by atoms with van der Waals surface area (Å²) < 4.78 is 2.35. The van der Waals surface area contributed by atoms with Crippen LogP contribution in [0.25, 0.3) is 16.5 Å². The second kappa shape index (κ2) is 14.7. The van der Waals surface area contributed by atoms with E-state index in [1.165, 1.54) is 16.5 Å². The molecule has 0 amide bonds. The molecule has 0 saturated heterocycles. The molecule has 4 nitrogen and oxygen atoms in total. The highest BCUT2D eigenvalue weighted by Crippen LogP contribution is 2.35. The molecule has 0 spiro atoms. The van der Waals surface area contributed by atoms with Crippen LogP contribution in [0.3, 0.4) is 0 Å². The van der Waals surface area contributed by atoms with E-state index >= 15 is 0 Å². The van der Waals surface area contributed by atoms with Gasteiger partial charge in [-0.2, -0.15) is 0 Å². The minimum Gasteiger partial charge on any atom is -0.388 e. The maximum absolute atomic E-state index is 4.51. The van der Waals surface area contributed by atoms with E-state index in [9.17, 15) is 0 Å². The van der Waals surface area contributed by atoms with Crippen molar-refractivity contribution in [1.29, 1.82) is 0 Å². The summed E-state index contributed by atoms with van der Waals surface area (Å²) in [6.45, 7) is 15.8. The molecule has 202 valence electrons. The SMILES string of the molecule is C=C/C(=C(\C(=C)NC)C1=C(C)C=CC=CN=C1)c1cn(CCC(=CC)/C=C\C(CCC)=NC)c2ccccc12. The summed E-state index contributed by atoms with van der Waals surface area (Å²) in [5.41, 5.74) is 9.73. The molecule has 1 N–H and O–H groups in total. The van der Waals surface area contributed by atoms with Gasteiger partial charge in [0.25, 0.3) is 0 Å². The summed E-state index contributed by atoms with van der Waals surface area (Å²) in [5, 5.41) is 4.46. The molecule has 4 heteroatoms. The lowest BCUT2D eigenvalue weighted by atomic mass is 9.90. The first kappa shape index (κ1) is 29.4. The highest BCUT2D eigenvalue weighted by atomic mass is 15.0. The van der Waals surface area contributed by atoms with Crippen molar-refractivity contribution in [3.05, 3.63) is 126 Å². The quantitative estimate of drug-likeness (QED) is 0.222. The Morgan fingerprint density at radius 3 is 2.64 bits per heavy atom. The summed E-state index contributed by atoms with van der Waals surface area (Å²) in [6, 6.07) is 8.57. The number of nitrogens with one attached hydrogen (secondary N) is 1. The van der Waals surface area contributed by atoms with Gasteiger partial charge in [0, 0.05) is 78.3 Å². The van der Waals surface area contributed by atoms with Crippen LogP contribution >= 0.6 is 0 Å². The van der Waals surface area contributed by atoms with Gasteiger partial charge in [-0.05, 0) is 56.1 Å². The van der Waals surface area contributed by atoms with E-state index in [2.05, 4.69) is 109 Å². The highest BCUT2D eigenvalue weighted by molar-refractivity contribution is 6.02. The molecule has 0 saturated carbocycles. The number of rotatable bonds is 12. The number of hydrogen-bond donors (Lipinski definition) is 1. The Morgan fingerprint density at radius 1 is 1.15 bits per heavy atom. The van der Waals surface area contributed by atoms with Crippen molar-refractivity contribution in [2.45, 2.75) is 46.6 Å². The van der Waals surface area contributed by atoms with Crippen molar-refractivity contribution in [3.63, 3.8) is 0 Å². The summed E-state index contributed by atoms with van der Waals surface area (Å²) >= 11 is 0. The molecular weight excluding hydrogens is 476 g/mol.